The van der Waals surface area contributed by atoms with Gasteiger partial charge in [-0.25, -0.2) is 0 Å². The zero-order chi connectivity index (χ0) is 15.4. The number of carbonyl (C=O) groups is 1. The second-order valence-corrected chi connectivity index (χ2v) is 6.57. The second kappa shape index (κ2) is 8.64. The zero-order valence-electron chi connectivity index (χ0n) is 13.8. The molecule has 3 heterocycles. The van der Waals surface area contributed by atoms with Crippen molar-refractivity contribution in [3.63, 3.8) is 0 Å². The number of nitrogens with one attached hydrogen (secondary N) is 1. The smallest absolute Gasteiger partial charge is 0.229 e. The molecule has 1 aromatic heterocycles. The summed E-state index contributed by atoms with van der Waals surface area (Å²) < 4.78 is 5.26. The van der Waals surface area contributed by atoms with E-state index < -0.39 is 0 Å². The summed E-state index contributed by atoms with van der Waals surface area (Å²) in [5, 5.41) is 7.23. The number of likely N-dealkylation sites (tertiary alicyclic amines) is 1. The molecule has 1 amide bonds. The number of aromatic nitrogens is 2. The van der Waals surface area contributed by atoms with Crippen LogP contribution >= 0.6 is 12.4 Å². The minimum atomic E-state index is 0. The Balaban J connectivity index is 0.00000192. The number of halogens is 1. The van der Waals surface area contributed by atoms with Gasteiger partial charge in [0.25, 0.3) is 0 Å². The van der Waals surface area contributed by atoms with Gasteiger partial charge in [0.1, 0.15) is 0 Å². The fourth-order valence-corrected chi connectivity index (χ4v) is 3.51. The number of piperidine rings is 2. The molecule has 7 heteroatoms. The molecule has 130 valence electrons. The Morgan fingerprint density at radius 3 is 2.57 bits per heavy atom. The fourth-order valence-electron chi connectivity index (χ4n) is 3.51. The molecule has 2 saturated heterocycles. The molecule has 0 aliphatic carbocycles. The molecule has 0 saturated carbocycles. The highest BCUT2D eigenvalue weighted by Gasteiger charge is 2.27. The lowest BCUT2D eigenvalue weighted by Gasteiger charge is -2.31. The van der Waals surface area contributed by atoms with Crippen LogP contribution in [0.5, 0.6) is 0 Å². The second-order valence-electron chi connectivity index (χ2n) is 6.57. The summed E-state index contributed by atoms with van der Waals surface area (Å²) in [5.41, 5.74) is 0. The van der Waals surface area contributed by atoms with Gasteiger partial charge >= 0.3 is 0 Å². The molecule has 2 aliphatic heterocycles. The van der Waals surface area contributed by atoms with E-state index in [4.69, 9.17) is 4.52 Å². The number of carbonyl (C=O) groups excluding carboxylic acids is 1. The lowest BCUT2D eigenvalue weighted by molar-refractivity contribution is -0.132. The Kier molecular flexibility index (Phi) is 6.84. The monoisotopic (exact) mass is 342 g/mol. The summed E-state index contributed by atoms with van der Waals surface area (Å²) in [6.45, 7) is 5.68. The third-order valence-corrected chi connectivity index (χ3v) is 4.97. The first-order valence-electron chi connectivity index (χ1n) is 8.51. The molecule has 3 rings (SSSR count). The van der Waals surface area contributed by atoms with E-state index in [2.05, 4.69) is 15.5 Å². The average molecular weight is 343 g/mol. The van der Waals surface area contributed by atoms with Crippen LogP contribution in [0.4, 0.5) is 0 Å². The van der Waals surface area contributed by atoms with Crippen molar-refractivity contribution in [2.24, 2.45) is 5.92 Å². The van der Waals surface area contributed by atoms with Crippen molar-refractivity contribution in [3.8, 4) is 0 Å². The van der Waals surface area contributed by atoms with Crippen LogP contribution in [0.15, 0.2) is 4.52 Å². The van der Waals surface area contributed by atoms with Gasteiger partial charge in [0.05, 0.1) is 0 Å². The first-order chi connectivity index (χ1) is 10.7. The summed E-state index contributed by atoms with van der Waals surface area (Å²) in [6.07, 6.45) is 6.04. The van der Waals surface area contributed by atoms with Crippen LogP contribution in [0.25, 0.3) is 0 Å². The molecule has 0 unspecified atom stereocenters. The standard InChI is InChI=1S/C16H26N4O2.ClH/c1-12-18-16(22-19-12)14-6-10-20(11-7-14)15(21)3-2-13-4-8-17-9-5-13;/h13-14,17H,2-11H2,1H3;1H. The zero-order valence-corrected chi connectivity index (χ0v) is 14.6. The van der Waals surface area contributed by atoms with Crippen molar-refractivity contribution in [1.82, 2.24) is 20.4 Å². The van der Waals surface area contributed by atoms with Crippen molar-refractivity contribution < 1.29 is 9.32 Å². The van der Waals surface area contributed by atoms with Crippen molar-refractivity contribution in [2.75, 3.05) is 26.2 Å². The number of aryl methyl sites for hydroxylation is 1. The van der Waals surface area contributed by atoms with Crippen molar-refractivity contribution in [2.45, 2.75) is 51.4 Å². The van der Waals surface area contributed by atoms with Crippen LogP contribution in [0, 0.1) is 12.8 Å². The number of hydrogen-bond donors (Lipinski definition) is 1. The van der Waals surface area contributed by atoms with E-state index in [0.717, 1.165) is 57.3 Å². The van der Waals surface area contributed by atoms with Gasteiger partial charge in [-0.3, -0.25) is 4.79 Å². The average Bonchev–Trinajstić information content (AvgIpc) is 3.00. The third kappa shape index (κ3) is 4.91. The van der Waals surface area contributed by atoms with Gasteiger partial charge < -0.3 is 14.7 Å². The lowest BCUT2D eigenvalue weighted by Crippen LogP contribution is -2.38. The highest BCUT2D eigenvalue weighted by molar-refractivity contribution is 5.85. The van der Waals surface area contributed by atoms with E-state index in [-0.39, 0.29) is 12.4 Å². The van der Waals surface area contributed by atoms with E-state index >= 15 is 0 Å². The maximum atomic E-state index is 12.3. The summed E-state index contributed by atoms with van der Waals surface area (Å²) in [7, 11) is 0. The maximum Gasteiger partial charge on any atom is 0.229 e. The molecule has 1 N–H and O–H groups in total. The largest absolute Gasteiger partial charge is 0.343 e. The molecular formula is C16H27ClN4O2. The van der Waals surface area contributed by atoms with E-state index in [0.29, 0.717) is 24.1 Å². The van der Waals surface area contributed by atoms with E-state index in [1.807, 2.05) is 11.8 Å². The summed E-state index contributed by atoms with van der Waals surface area (Å²) in [6, 6.07) is 0. The molecular weight excluding hydrogens is 316 g/mol. The molecule has 6 nitrogen and oxygen atoms in total. The van der Waals surface area contributed by atoms with Crippen LogP contribution in [0.3, 0.4) is 0 Å². The van der Waals surface area contributed by atoms with Gasteiger partial charge in [-0.2, -0.15) is 4.98 Å². The summed E-state index contributed by atoms with van der Waals surface area (Å²) >= 11 is 0. The molecule has 2 fully saturated rings. The predicted molar refractivity (Wildman–Crippen MR) is 89.7 cm³/mol. The van der Waals surface area contributed by atoms with Crippen LogP contribution in [-0.2, 0) is 4.79 Å². The Bertz CT molecular complexity index is 494. The normalized spacial score (nSPS) is 20.3. The molecule has 0 atom stereocenters. The van der Waals surface area contributed by atoms with E-state index in [9.17, 15) is 4.79 Å². The van der Waals surface area contributed by atoms with Gasteiger partial charge in [-0.05, 0) is 58.0 Å². The van der Waals surface area contributed by atoms with Crippen LogP contribution in [0.2, 0.25) is 0 Å². The number of rotatable bonds is 4. The minimum absolute atomic E-state index is 0. The Morgan fingerprint density at radius 1 is 1.26 bits per heavy atom. The SMILES string of the molecule is Cc1noc(C2CCN(C(=O)CCC3CCNCC3)CC2)n1.Cl. The lowest BCUT2D eigenvalue weighted by atomic mass is 9.92. The van der Waals surface area contributed by atoms with Crippen LogP contribution < -0.4 is 5.32 Å². The summed E-state index contributed by atoms with van der Waals surface area (Å²) in [5.74, 6) is 2.78. The Hall–Kier alpha value is -1.14. The molecule has 0 aromatic carbocycles. The van der Waals surface area contributed by atoms with Crippen LogP contribution in [0.1, 0.15) is 56.2 Å². The van der Waals surface area contributed by atoms with Crippen molar-refractivity contribution in [1.29, 1.82) is 0 Å². The molecule has 0 bridgehead atoms. The van der Waals surface area contributed by atoms with Gasteiger partial charge in [0, 0.05) is 25.4 Å². The third-order valence-electron chi connectivity index (χ3n) is 4.97. The van der Waals surface area contributed by atoms with Crippen molar-refractivity contribution in [3.05, 3.63) is 11.7 Å². The van der Waals surface area contributed by atoms with Crippen LogP contribution in [-0.4, -0.2) is 47.1 Å². The molecule has 2 aliphatic rings. The first kappa shape index (κ1) is 18.2. The molecule has 1 aromatic rings. The summed E-state index contributed by atoms with van der Waals surface area (Å²) in [4.78, 5) is 18.7. The van der Waals surface area contributed by atoms with E-state index in [1.165, 1.54) is 12.8 Å². The minimum Gasteiger partial charge on any atom is -0.343 e. The first-order valence-corrected chi connectivity index (χ1v) is 8.51. The molecule has 0 radical (unpaired) electrons. The van der Waals surface area contributed by atoms with Gasteiger partial charge in [-0.15, -0.1) is 12.4 Å². The number of amides is 1. The molecule has 23 heavy (non-hydrogen) atoms. The van der Waals surface area contributed by atoms with Crippen molar-refractivity contribution >= 4 is 18.3 Å². The van der Waals surface area contributed by atoms with Gasteiger partial charge in [-0.1, -0.05) is 5.16 Å². The molecule has 0 spiro atoms. The topological polar surface area (TPSA) is 71.3 Å². The van der Waals surface area contributed by atoms with Gasteiger partial charge in [0.15, 0.2) is 5.82 Å². The number of hydrogen-bond acceptors (Lipinski definition) is 5. The Morgan fingerprint density at radius 2 is 1.96 bits per heavy atom. The fraction of sp³-hybridized carbons (Fsp3) is 0.812. The maximum absolute atomic E-state index is 12.3. The quantitative estimate of drug-likeness (QED) is 0.909. The highest BCUT2D eigenvalue weighted by Crippen LogP contribution is 2.27. The number of nitrogens with zero attached hydrogens (tertiary/aromatic N) is 3. The van der Waals surface area contributed by atoms with E-state index in [1.54, 1.807) is 0 Å². The van der Waals surface area contributed by atoms with Gasteiger partial charge in [0.2, 0.25) is 11.8 Å². The highest BCUT2D eigenvalue weighted by atomic mass is 35.5. The Labute approximate surface area is 143 Å². The predicted octanol–water partition coefficient (Wildman–Crippen LogP) is 2.29.